The molecule has 0 amide bonds. The Morgan fingerprint density at radius 3 is 2.81 bits per heavy atom. The first-order valence-electron chi connectivity index (χ1n) is 7.61. The number of ether oxygens (including phenoxy) is 1. The van der Waals surface area contributed by atoms with Crippen LogP contribution >= 0.6 is 0 Å². The topological polar surface area (TPSA) is 39.1 Å². The minimum Gasteiger partial charge on any atom is -0.454 e. The first-order chi connectivity index (χ1) is 10.1. The molecule has 0 aliphatic rings. The monoisotopic (exact) mass is 287 g/mol. The lowest BCUT2D eigenvalue weighted by atomic mass is 10.1. The van der Waals surface area contributed by atoms with Gasteiger partial charge in [-0.1, -0.05) is 32.9 Å². The van der Waals surface area contributed by atoms with Crippen molar-refractivity contribution in [1.29, 1.82) is 0 Å². The summed E-state index contributed by atoms with van der Waals surface area (Å²) >= 11 is 0. The maximum atomic E-state index is 5.91. The van der Waals surface area contributed by atoms with E-state index in [0.29, 0.717) is 6.04 Å². The molecular formula is C17H25N3O. The molecule has 0 unspecified atom stereocenters. The van der Waals surface area contributed by atoms with Gasteiger partial charge in [0.15, 0.2) is 5.75 Å². The molecule has 4 heteroatoms. The minimum atomic E-state index is 0.491. The summed E-state index contributed by atoms with van der Waals surface area (Å²) < 4.78 is 7.82. The van der Waals surface area contributed by atoms with Crippen molar-refractivity contribution in [2.24, 2.45) is 0 Å². The fraction of sp³-hybridized carbons (Fsp3) is 0.471. The van der Waals surface area contributed by atoms with Crippen LogP contribution in [0.3, 0.4) is 0 Å². The maximum absolute atomic E-state index is 5.91. The molecule has 1 N–H and O–H groups in total. The Morgan fingerprint density at radius 2 is 2.14 bits per heavy atom. The van der Waals surface area contributed by atoms with E-state index in [1.165, 1.54) is 5.56 Å². The number of rotatable bonds is 7. The zero-order valence-corrected chi connectivity index (χ0v) is 13.4. The molecule has 1 heterocycles. The highest BCUT2D eigenvalue weighted by atomic mass is 16.5. The molecule has 1 aromatic heterocycles. The second-order valence-electron chi connectivity index (χ2n) is 5.68. The van der Waals surface area contributed by atoms with Crippen molar-refractivity contribution in [2.45, 2.75) is 53.2 Å². The fourth-order valence-electron chi connectivity index (χ4n) is 2.13. The van der Waals surface area contributed by atoms with Gasteiger partial charge in [-0.05, 0) is 30.5 Å². The number of aromatic nitrogens is 2. The largest absolute Gasteiger partial charge is 0.454 e. The molecule has 0 aliphatic carbocycles. The van der Waals surface area contributed by atoms with Crippen molar-refractivity contribution in [1.82, 2.24) is 15.1 Å². The van der Waals surface area contributed by atoms with Gasteiger partial charge in [-0.25, -0.2) is 0 Å². The molecule has 114 valence electrons. The first-order valence-corrected chi connectivity index (χ1v) is 7.61. The number of hydrogen-bond donors (Lipinski definition) is 1. The van der Waals surface area contributed by atoms with Gasteiger partial charge >= 0.3 is 0 Å². The second kappa shape index (κ2) is 7.27. The lowest BCUT2D eigenvalue weighted by Gasteiger charge is -2.11. The van der Waals surface area contributed by atoms with Crippen LogP contribution in [-0.4, -0.2) is 15.8 Å². The van der Waals surface area contributed by atoms with Gasteiger partial charge in [-0.3, -0.25) is 4.68 Å². The van der Waals surface area contributed by atoms with Gasteiger partial charge in [0, 0.05) is 19.1 Å². The van der Waals surface area contributed by atoms with Gasteiger partial charge in [0.2, 0.25) is 0 Å². The van der Waals surface area contributed by atoms with Crippen LogP contribution in [0.25, 0.3) is 0 Å². The molecule has 2 aromatic rings. The molecule has 0 atom stereocenters. The van der Waals surface area contributed by atoms with Gasteiger partial charge in [0.1, 0.15) is 5.75 Å². The zero-order chi connectivity index (χ0) is 15.2. The highest BCUT2D eigenvalue weighted by Gasteiger charge is 2.05. The van der Waals surface area contributed by atoms with Gasteiger partial charge in [-0.15, -0.1) is 0 Å². The van der Waals surface area contributed by atoms with Crippen LogP contribution in [0.15, 0.2) is 30.6 Å². The molecule has 0 saturated carbocycles. The standard InChI is InChI=1S/C17H25N3O/c1-5-8-20-12-16(11-19-20)21-17-7-6-15(9-14(17)4)10-18-13(2)3/h6-7,9,11-13,18H,5,8,10H2,1-4H3. The van der Waals surface area contributed by atoms with Crippen molar-refractivity contribution >= 4 is 0 Å². The lowest BCUT2D eigenvalue weighted by Crippen LogP contribution is -2.21. The van der Waals surface area contributed by atoms with Crippen LogP contribution in [0.4, 0.5) is 0 Å². The van der Waals surface area contributed by atoms with Crippen LogP contribution in [0.2, 0.25) is 0 Å². The number of nitrogens with one attached hydrogen (secondary N) is 1. The third-order valence-electron chi connectivity index (χ3n) is 3.24. The van der Waals surface area contributed by atoms with E-state index in [9.17, 15) is 0 Å². The summed E-state index contributed by atoms with van der Waals surface area (Å²) in [5.74, 6) is 1.68. The third kappa shape index (κ3) is 4.60. The Kier molecular flexibility index (Phi) is 5.39. The smallest absolute Gasteiger partial charge is 0.165 e. The summed E-state index contributed by atoms with van der Waals surface area (Å²) in [5, 5.41) is 7.70. The second-order valence-corrected chi connectivity index (χ2v) is 5.68. The van der Waals surface area contributed by atoms with E-state index in [0.717, 1.165) is 36.6 Å². The third-order valence-corrected chi connectivity index (χ3v) is 3.24. The average molecular weight is 287 g/mol. The Morgan fingerprint density at radius 1 is 1.33 bits per heavy atom. The molecule has 0 bridgehead atoms. The van der Waals surface area contributed by atoms with E-state index >= 15 is 0 Å². The Balaban J connectivity index is 2.02. The van der Waals surface area contributed by atoms with E-state index in [1.54, 1.807) is 6.20 Å². The molecule has 21 heavy (non-hydrogen) atoms. The van der Waals surface area contributed by atoms with Crippen LogP contribution in [0, 0.1) is 6.92 Å². The molecule has 0 spiro atoms. The summed E-state index contributed by atoms with van der Waals surface area (Å²) in [5.41, 5.74) is 2.41. The van der Waals surface area contributed by atoms with Crippen molar-refractivity contribution < 1.29 is 4.74 Å². The predicted octanol–water partition coefficient (Wildman–Crippen LogP) is 3.89. The molecule has 0 aliphatic heterocycles. The Bertz CT molecular complexity index is 575. The summed E-state index contributed by atoms with van der Waals surface area (Å²) in [6.07, 6.45) is 4.78. The number of nitrogens with zero attached hydrogens (tertiary/aromatic N) is 2. The first kappa shape index (κ1) is 15.6. The summed E-state index contributed by atoms with van der Waals surface area (Å²) in [6.45, 7) is 10.3. The molecule has 0 saturated heterocycles. The number of hydrogen-bond acceptors (Lipinski definition) is 3. The summed E-state index contributed by atoms with van der Waals surface area (Å²) in [6, 6.07) is 6.80. The normalized spacial score (nSPS) is 11.1. The van der Waals surface area contributed by atoms with Crippen LogP contribution in [0.5, 0.6) is 11.5 Å². The molecule has 1 aromatic carbocycles. The molecule has 0 radical (unpaired) electrons. The highest BCUT2D eigenvalue weighted by Crippen LogP contribution is 2.25. The van der Waals surface area contributed by atoms with Gasteiger partial charge in [-0.2, -0.15) is 5.10 Å². The van der Waals surface area contributed by atoms with Crippen molar-refractivity contribution in [3.05, 3.63) is 41.7 Å². The van der Waals surface area contributed by atoms with E-state index in [-0.39, 0.29) is 0 Å². The van der Waals surface area contributed by atoms with Crippen LogP contribution < -0.4 is 10.1 Å². The average Bonchev–Trinajstić information content (AvgIpc) is 2.87. The Labute approximate surface area is 127 Å². The van der Waals surface area contributed by atoms with Crippen molar-refractivity contribution in [3.63, 3.8) is 0 Å². The predicted molar refractivity (Wildman–Crippen MR) is 85.7 cm³/mol. The molecule has 2 rings (SSSR count). The lowest BCUT2D eigenvalue weighted by molar-refractivity contribution is 0.476. The quantitative estimate of drug-likeness (QED) is 0.839. The molecule has 4 nitrogen and oxygen atoms in total. The van der Waals surface area contributed by atoms with Gasteiger partial charge in [0.25, 0.3) is 0 Å². The van der Waals surface area contributed by atoms with Crippen molar-refractivity contribution in [3.8, 4) is 11.5 Å². The van der Waals surface area contributed by atoms with Crippen molar-refractivity contribution in [2.75, 3.05) is 0 Å². The summed E-state index contributed by atoms with van der Waals surface area (Å²) in [7, 11) is 0. The SMILES string of the molecule is CCCn1cc(Oc2ccc(CNC(C)C)cc2C)cn1. The van der Waals surface area contributed by atoms with E-state index in [4.69, 9.17) is 4.74 Å². The van der Waals surface area contributed by atoms with E-state index in [1.807, 2.05) is 16.9 Å². The number of aryl methyl sites for hydroxylation is 2. The van der Waals surface area contributed by atoms with Crippen LogP contribution in [-0.2, 0) is 13.1 Å². The van der Waals surface area contributed by atoms with Crippen LogP contribution in [0.1, 0.15) is 38.3 Å². The van der Waals surface area contributed by atoms with E-state index in [2.05, 4.69) is 50.2 Å². The number of benzene rings is 1. The molecular weight excluding hydrogens is 262 g/mol. The maximum Gasteiger partial charge on any atom is 0.165 e. The zero-order valence-electron chi connectivity index (χ0n) is 13.4. The summed E-state index contributed by atoms with van der Waals surface area (Å²) in [4.78, 5) is 0. The Hall–Kier alpha value is -1.81. The van der Waals surface area contributed by atoms with E-state index < -0.39 is 0 Å². The highest BCUT2D eigenvalue weighted by molar-refractivity contribution is 5.38. The minimum absolute atomic E-state index is 0.491. The van der Waals surface area contributed by atoms with Gasteiger partial charge < -0.3 is 10.1 Å². The van der Waals surface area contributed by atoms with Gasteiger partial charge in [0.05, 0.1) is 12.4 Å². The fourth-order valence-corrected chi connectivity index (χ4v) is 2.13. The molecule has 0 fully saturated rings.